The predicted molar refractivity (Wildman–Crippen MR) is 80.9 cm³/mol. The molecule has 0 aliphatic carbocycles. The van der Waals surface area contributed by atoms with Gasteiger partial charge in [0, 0.05) is 12.6 Å². The predicted octanol–water partition coefficient (Wildman–Crippen LogP) is 0.0420. The van der Waals surface area contributed by atoms with Gasteiger partial charge in [0.15, 0.2) is 0 Å². The molecule has 6 nitrogen and oxygen atoms in total. The van der Waals surface area contributed by atoms with Gasteiger partial charge in [0.25, 0.3) is 0 Å². The van der Waals surface area contributed by atoms with Crippen molar-refractivity contribution in [3.05, 3.63) is 29.3 Å². The summed E-state index contributed by atoms with van der Waals surface area (Å²) in [7, 11) is -2.34. The highest BCUT2D eigenvalue weighted by Gasteiger charge is 2.22. The van der Waals surface area contributed by atoms with Crippen LogP contribution in [0, 0.1) is 6.92 Å². The first kappa shape index (κ1) is 16.5. The van der Waals surface area contributed by atoms with E-state index in [4.69, 9.17) is 18.0 Å². The van der Waals surface area contributed by atoms with Crippen LogP contribution in [0.15, 0.2) is 23.1 Å². The van der Waals surface area contributed by atoms with E-state index in [-0.39, 0.29) is 9.88 Å². The summed E-state index contributed by atoms with van der Waals surface area (Å²) in [6.45, 7) is 3.11. The van der Waals surface area contributed by atoms with Gasteiger partial charge in [0.1, 0.15) is 4.99 Å². The lowest BCUT2D eigenvalue weighted by molar-refractivity contribution is -0.121. The van der Waals surface area contributed by atoms with Crippen LogP contribution in [0.25, 0.3) is 0 Å². The van der Waals surface area contributed by atoms with Gasteiger partial charge in [-0.2, -0.15) is 4.72 Å². The SMILES string of the molecule is CNC(=O)C(C)NS(=O)(=O)c1ccc(C(N)=S)cc1C. The van der Waals surface area contributed by atoms with E-state index in [1.165, 1.54) is 26.1 Å². The Morgan fingerprint density at radius 1 is 1.40 bits per heavy atom. The number of hydrogen-bond donors (Lipinski definition) is 3. The van der Waals surface area contributed by atoms with Crippen LogP contribution in [-0.4, -0.2) is 32.4 Å². The number of carbonyl (C=O) groups excluding carboxylic acids is 1. The molecule has 0 aliphatic heterocycles. The van der Waals surface area contributed by atoms with Gasteiger partial charge in [-0.25, -0.2) is 8.42 Å². The second kappa shape index (κ2) is 6.29. The molecule has 0 heterocycles. The fraction of sp³-hybridized carbons (Fsp3) is 0.333. The van der Waals surface area contributed by atoms with Crippen LogP contribution in [-0.2, 0) is 14.8 Å². The summed E-state index contributed by atoms with van der Waals surface area (Å²) in [5.74, 6) is -0.411. The number of sulfonamides is 1. The molecular weight excluding hydrogens is 298 g/mol. The Morgan fingerprint density at radius 3 is 2.45 bits per heavy atom. The largest absolute Gasteiger partial charge is 0.389 e. The number of rotatable bonds is 5. The average Bonchev–Trinajstić information content (AvgIpc) is 2.36. The van der Waals surface area contributed by atoms with Crippen molar-refractivity contribution in [1.82, 2.24) is 10.0 Å². The smallest absolute Gasteiger partial charge is 0.241 e. The molecule has 0 saturated heterocycles. The summed E-state index contributed by atoms with van der Waals surface area (Å²) in [6.07, 6.45) is 0. The van der Waals surface area contributed by atoms with Crippen molar-refractivity contribution in [2.75, 3.05) is 7.05 Å². The molecule has 0 fully saturated rings. The number of nitrogens with two attached hydrogens (primary N) is 1. The fourth-order valence-corrected chi connectivity index (χ4v) is 3.23. The third kappa shape index (κ3) is 3.75. The maximum absolute atomic E-state index is 12.2. The molecule has 0 aliphatic rings. The van der Waals surface area contributed by atoms with Crippen molar-refractivity contribution in [3.63, 3.8) is 0 Å². The van der Waals surface area contributed by atoms with Gasteiger partial charge in [-0.15, -0.1) is 0 Å². The van der Waals surface area contributed by atoms with Crippen LogP contribution in [0.5, 0.6) is 0 Å². The molecule has 110 valence electrons. The number of aryl methyl sites for hydroxylation is 1. The molecule has 1 unspecified atom stereocenters. The normalized spacial score (nSPS) is 12.8. The molecule has 1 aromatic carbocycles. The third-order valence-corrected chi connectivity index (χ3v) is 4.66. The van der Waals surface area contributed by atoms with Gasteiger partial charge in [-0.1, -0.05) is 18.3 Å². The van der Waals surface area contributed by atoms with Crippen molar-refractivity contribution >= 4 is 33.1 Å². The summed E-state index contributed by atoms with van der Waals surface area (Å²) in [6, 6.07) is 3.69. The number of nitrogens with one attached hydrogen (secondary N) is 2. The molecule has 1 amide bonds. The summed E-state index contributed by atoms with van der Waals surface area (Å²) >= 11 is 4.84. The van der Waals surface area contributed by atoms with Crippen LogP contribution < -0.4 is 15.8 Å². The Kier molecular flexibility index (Phi) is 5.21. The molecule has 0 radical (unpaired) electrons. The number of carbonyl (C=O) groups is 1. The number of amides is 1. The second-order valence-electron chi connectivity index (χ2n) is 4.30. The van der Waals surface area contributed by atoms with Crippen molar-refractivity contribution in [1.29, 1.82) is 0 Å². The molecule has 1 rings (SSSR count). The maximum atomic E-state index is 12.2. The lowest BCUT2D eigenvalue weighted by Crippen LogP contribution is -2.43. The van der Waals surface area contributed by atoms with E-state index in [1.807, 2.05) is 0 Å². The van der Waals surface area contributed by atoms with E-state index in [0.29, 0.717) is 11.1 Å². The number of likely N-dealkylation sites (N-methyl/N-ethyl adjacent to an activating group) is 1. The zero-order chi connectivity index (χ0) is 15.5. The molecule has 4 N–H and O–H groups in total. The van der Waals surface area contributed by atoms with Gasteiger partial charge < -0.3 is 11.1 Å². The van der Waals surface area contributed by atoms with Crippen molar-refractivity contribution in [2.24, 2.45) is 5.73 Å². The van der Waals surface area contributed by atoms with Gasteiger partial charge in [0.2, 0.25) is 15.9 Å². The molecule has 0 aromatic heterocycles. The Bertz CT molecular complexity index is 641. The van der Waals surface area contributed by atoms with Crippen LogP contribution in [0.1, 0.15) is 18.1 Å². The zero-order valence-electron chi connectivity index (χ0n) is 11.4. The summed E-state index contributed by atoms with van der Waals surface area (Å²) in [4.78, 5) is 11.7. The number of hydrogen-bond acceptors (Lipinski definition) is 4. The van der Waals surface area contributed by atoms with Crippen LogP contribution in [0.4, 0.5) is 0 Å². The van der Waals surface area contributed by atoms with E-state index < -0.39 is 22.0 Å². The lowest BCUT2D eigenvalue weighted by Gasteiger charge is -2.14. The lowest BCUT2D eigenvalue weighted by atomic mass is 10.1. The maximum Gasteiger partial charge on any atom is 0.241 e. The Balaban J connectivity index is 3.10. The van der Waals surface area contributed by atoms with E-state index in [1.54, 1.807) is 13.0 Å². The van der Waals surface area contributed by atoms with Crippen LogP contribution in [0.2, 0.25) is 0 Å². The van der Waals surface area contributed by atoms with E-state index in [9.17, 15) is 13.2 Å². The molecule has 1 aromatic rings. The number of benzene rings is 1. The standard InChI is InChI=1S/C12H17N3O3S2/c1-7-6-9(11(13)19)4-5-10(7)20(17,18)15-8(2)12(16)14-3/h4-6,8,15H,1-3H3,(H2,13,19)(H,14,16). The van der Waals surface area contributed by atoms with Crippen molar-refractivity contribution in [2.45, 2.75) is 24.8 Å². The highest BCUT2D eigenvalue weighted by molar-refractivity contribution is 7.89. The molecular formula is C12H17N3O3S2. The van der Waals surface area contributed by atoms with Crippen molar-refractivity contribution in [3.8, 4) is 0 Å². The van der Waals surface area contributed by atoms with Gasteiger partial charge >= 0.3 is 0 Å². The molecule has 0 saturated carbocycles. The van der Waals surface area contributed by atoms with E-state index >= 15 is 0 Å². The van der Waals surface area contributed by atoms with E-state index in [2.05, 4.69) is 10.0 Å². The summed E-state index contributed by atoms with van der Waals surface area (Å²) in [5.41, 5.74) is 6.59. The molecule has 20 heavy (non-hydrogen) atoms. The quantitative estimate of drug-likeness (QED) is 0.666. The zero-order valence-corrected chi connectivity index (χ0v) is 13.1. The Labute approximate surface area is 123 Å². The third-order valence-electron chi connectivity index (χ3n) is 2.72. The first-order valence-corrected chi connectivity index (χ1v) is 7.72. The topological polar surface area (TPSA) is 101 Å². The Morgan fingerprint density at radius 2 is 2.00 bits per heavy atom. The average molecular weight is 315 g/mol. The second-order valence-corrected chi connectivity index (χ2v) is 6.42. The molecule has 0 spiro atoms. The first-order valence-electron chi connectivity index (χ1n) is 5.83. The van der Waals surface area contributed by atoms with Crippen LogP contribution in [0.3, 0.4) is 0 Å². The monoisotopic (exact) mass is 315 g/mol. The van der Waals surface area contributed by atoms with E-state index in [0.717, 1.165) is 0 Å². The summed E-state index contributed by atoms with van der Waals surface area (Å²) < 4.78 is 26.7. The van der Waals surface area contributed by atoms with Gasteiger partial charge in [0.05, 0.1) is 10.9 Å². The first-order chi connectivity index (χ1) is 9.19. The fourth-order valence-electron chi connectivity index (χ4n) is 1.67. The highest BCUT2D eigenvalue weighted by Crippen LogP contribution is 2.17. The molecule has 0 bridgehead atoms. The van der Waals surface area contributed by atoms with Gasteiger partial charge in [-0.3, -0.25) is 4.79 Å². The molecule has 8 heteroatoms. The Hall–Kier alpha value is -1.51. The summed E-state index contributed by atoms with van der Waals surface area (Å²) in [5, 5.41) is 2.38. The molecule has 1 atom stereocenters. The highest BCUT2D eigenvalue weighted by atomic mass is 32.2. The van der Waals surface area contributed by atoms with Gasteiger partial charge in [-0.05, 0) is 31.5 Å². The minimum Gasteiger partial charge on any atom is -0.389 e. The minimum atomic E-state index is -3.78. The number of thiocarbonyl (C=S) groups is 1. The van der Waals surface area contributed by atoms with Crippen molar-refractivity contribution < 1.29 is 13.2 Å². The van der Waals surface area contributed by atoms with Crippen LogP contribution >= 0.6 is 12.2 Å². The minimum absolute atomic E-state index is 0.0910.